The van der Waals surface area contributed by atoms with Crippen LogP contribution in [0.4, 0.5) is 0 Å². The Bertz CT molecular complexity index is 894. The molecule has 0 amide bonds. The fourth-order valence-corrected chi connectivity index (χ4v) is 3.04. The lowest BCUT2D eigenvalue weighted by Crippen LogP contribution is -2.20. The molecule has 1 aromatic carbocycles. The summed E-state index contributed by atoms with van der Waals surface area (Å²) in [5.74, 6) is -1.44. The van der Waals surface area contributed by atoms with Crippen molar-refractivity contribution in [1.82, 2.24) is 14.9 Å². The number of benzene rings is 1. The number of Topliss-reactive ketones (excluding diaryl/α,β-unsaturated/α-hetero) is 1. The van der Waals surface area contributed by atoms with Crippen LogP contribution in [0, 0.1) is 0 Å². The molecule has 0 unspecified atom stereocenters. The van der Waals surface area contributed by atoms with Crippen LogP contribution < -0.4 is 0 Å². The second-order valence-corrected chi connectivity index (χ2v) is 6.85. The lowest BCUT2D eigenvalue weighted by molar-refractivity contribution is -0.138. The van der Waals surface area contributed by atoms with Crippen LogP contribution in [-0.4, -0.2) is 47.3 Å². The third kappa shape index (κ3) is 5.19. The molecule has 0 saturated heterocycles. The highest BCUT2D eigenvalue weighted by molar-refractivity contribution is 6.39. The topological polar surface area (TPSA) is 72.4 Å². The summed E-state index contributed by atoms with van der Waals surface area (Å²) in [6, 6.07) is 4.78. The van der Waals surface area contributed by atoms with E-state index in [0.717, 1.165) is 0 Å². The molecule has 142 valence electrons. The van der Waals surface area contributed by atoms with Gasteiger partial charge in [0, 0.05) is 35.9 Å². The van der Waals surface area contributed by atoms with Crippen molar-refractivity contribution in [1.29, 1.82) is 0 Å². The number of ketones is 1. The molecule has 27 heavy (non-hydrogen) atoms. The number of carbonyl (C=O) groups is 2. The Kier molecular flexibility index (Phi) is 7.18. The molecule has 0 saturated carbocycles. The Morgan fingerprint density at radius 1 is 1.11 bits per heavy atom. The summed E-state index contributed by atoms with van der Waals surface area (Å²) < 4.78 is 4.96. The maximum absolute atomic E-state index is 12.9. The Hall–Kier alpha value is -2.15. The van der Waals surface area contributed by atoms with Crippen LogP contribution in [-0.2, 0) is 9.53 Å². The van der Waals surface area contributed by atoms with Gasteiger partial charge in [-0.2, -0.15) is 0 Å². The van der Waals surface area contributed by atoms with E-state index in [4.69, 9.17) is 39.5 Å². The zero-order valence-corrected chi connectivity index (χ0v) is 17.1. The molecule has 0 aliphatic carbocycles. The lowest BCUT2D eigenvalue weighted by atomic mass is 10.1. The van der Waals surface area contributed by atoms with Gasteiger partial charge in [0.1, 0.15) is 17.6 Å². The van der Waals surface area contributed by atoms with Crippen LogP contribution in [0.2, 0.25) is 15.1 Å². The molecule has 9 heteroatoms. The van der Waals surface area contributed by atoms with Crippen molar-refractivity contribution in [2.75, 3.05) is 20.7 Å². The molecule has 0 fully saturated rings. The van der Waals surface area contributed by atoms with Gasteiger partial charge in [-0.1, -0.05) is 34.8 Å². The van der Waals surface area contributed by atoms with E-state index >= 15 is 0 Å². The van der Waals surface area contributed by atoms with E-state index in [1.807, 2.05) is 0 Å². The molecule has 2 rings (SSSR count). The summed E-state index contributed by atoms with van der Waals surface area (Å²) in [5.41, 5.74) is 0.465. The second-order valence-electron chi connectivity index (χ2n) is 5.60. The highest BCUT2D eigenvalue weighted by atomic mass is 35.5. The highest BCUT2D eigenvalue weighted by Crippen LogP contribution is 2.32. The second kappa shape index (κ2) is 9.17. The quantitative estimate of drug-likeness (QED) is 0.225. The monoisotopic (exact) mass is 427 g/mol. The number of aromatic nitrogens is 2. The number of ether oxygens (including phenoxy) is 1. The molecule has 1 aromatic heterocycles. The van der Waals surface area contributed by atoms with Crippen molar-refractivity contribution in [3.8, 4) is 11.3 Å². The van der Waals surface area contributed by atoms with Crippen LogP contribution in [0.15, 0.2) is 36.3 Å². The predicted octanol–water partition coefficient (Wildman–Crippen LogP) is 4.30. The van der Waals surface area contributed by atoms with E-state index in [2.05, 4.69) is 9.97 Å². The van der Waals surface area contributed by atoms with Crippen molar-refractivity contribution in [3.63, 3.8) is 0 Å². The molecular weight excluding hydrogens is 413 g/mol. The standard InChI is InChI=1S/C18H16Cl3N3O3/c1-4-27-18(26)13(8-24(2)3)17(25)16-14(21)15(22-9-23-16)10-5-11(19)7-12(20)6-10/h5-9H,4H2,1-3H3. The third-order valence-electron chi connectivity index (χ3n) is 3.27. The van der Waals surface area contributed by atoms with Gasteiger partial charge in [0.15, 0.2) is 0 Å². The van der Waals surface area contributed by atoms with Crippen LogP contribution in [0.5, 0.6) is 0 Å². The average Bonchev–Trinajstić information content (AvgIpc) is 2.58. The number of nitrogens with zero attached hydrogens (tertiary/aromatic N) is 3. The van der Waals surface area contributed by atoms with Crippen LogP contribution in [0.1, 0.15) is 17.4 Å². The summed E-state index contributed by atoms with van der Waals surface area (Å²) in [6.45, 7) is 1.77. The molecule has 0 N–H and O–H groups in total. The number of esters is 1. The Balaban J connectivity index is 2.55. The first-order valence-corrected chi connectivity index (χ1v) is 8.95. The molecule has 2 aromatic rings. The van der Waals surface area contributed by atoms with Gasteiger partial charge in [-0.05, 0) is 25.1 Å². The summed E-state index contributed by atoms with van der Waals surface area (Å²) in [7, 11) is 3.35. The van der Waals surface area contributed by atoms with E-state index in [-0.39, 0.29) is 28.6 Å². The largest absolute Gasteiger partial charge is 0.462 e. The van der Waals surface area contributed by atoms with E-state index in [9.17, 15) is 9.59 Å². The number of carbonyl (C=O) groups excluding carboxylic acids is 2. The number of hydrogen-bond donors (Lipinski definition) is 0. The molecular formula is C18H16Cl3N3O3. The molecule has 0 aliphatic rings. The first-order valence-electron chi connectivity index (χ1n) is 7.81. The van der Waals surface area contributed by atoms with E-state index < -0.39 is 11.8 Å². The van der Waals surface area contributed by atoms with Crippen LogP contribution in [0.25, 0.3) is 11.3 Å². The van der Waals surface area contributed by atoms with Crippen molar-refractivity contribution in [3.05, 3.63) is 57.1 Å². The molecule has 0 spiro atoms. The van der Waals surface area contributed by atoms with E-state index in [1.54, 1.807) is 44.1 Å². The first-order chi connectivity index (χ1) is 12.7. The SMILES string of the molecule is CCOC(=O)C(=CN(C)C)C(=O)c1ncnc(-c2cc(Cl)cc(Cl)c2)c1Cl. The molecule has 0 radical (unpaired) electrons. The number of hydrogen-bond acceptors (Lipinski definition) is 6. The van der Waals surface area contributed by atoms with Crippen molar-refractivity contribution < 1.29 is 14.3 Å². The average molecular weight is 429 g/mol. The molecule has 6 nitrogen and oxygen atoms in total. The lowest BCUT2D eigenvalue weighted by Gasteiger charge is -2.12. The number of halogens is 3. The van der Waals surface area contributed by atoms with Crippen molar-refractivity contribution >= 4 is 46.6 Å². The minimum atomic E-state index is -0.766. The van der Waals surface area contributed by atoms with Gasteiger partial charge in [0.05, 0.1) is 17.3 Å². The Morgan fingerprint density at radius 3 is 2.30 bits per heavy atom. The zero-order chi connectivity index (χ0) is 20.1. The minimum Gasteiger partial charge on any atom is -0.462 e. The number of rotatable bonds is 6. The van der Waals surface area contributed by atoms with E-state index in [0.29, 0.717) is 15.6 Å². The fourth-order valence-electron chi connectivity index (χ4n) is 2.22. The van der Waals surface area contributed by atoms with Crippen LogP contribution >= 0.6 is 34.8 Å². The van der Waals surface area contributed by atoms with Crippen molar-refractivity contribution in [2.24, 2.45) is 0 Å². The van der Waals surface area contributed by atoms with Crippen LogP contribution in [0.3, 0.4) is 0 Å². The van der Waals surface area contributed by atoms with E-state index in [1.165, 1.54) is 12.5 Å². The normalized spacial score (nSPS) is 11.3. The van der Waals surface area contributed by atoms with Gasteiger partial charge in [0.2, 0.25) is 5.78 Å². The maximum atomic E-state index is 12.9. The summed E-state index contributed by atoms with van der Waals surface area (Å²) in [6.07, 6.45) is 2.54. The summed E-state index contributed by atoms with van der Waals surface area (Å²) >= 11 is 18.4. The maximum Gasteiger partial charge on any atom is 0.343 e. The van der Waals surface area contributed by atoms with Gasteiger partial charge in [0.25, 0.3) is 0 Å². The Morgan fingerprint density at radius 2 is 1.74 bits per heavy atom. The minimum absolute atomic E-state index is 0.0187. The van der Waals surface area contributed by atoms with Gasteiger partial charge >= 0.3 is 5.97 Å². The smallest absolute Gasteiger partial charge is 0.343 e. The molecule has 0 atom stereocenters. The predicted molar refractivity (Wildman–Crippen MR) is 105 cm³/mol. The fraction of sp³-hybridized carbons (Fsp3) is 0.222. The van der Waals surface area contributed by atoms with Crippen molar-refractivity contribution in [2.45, 2.75) is 6.92 Å². The Labute approximate surface area is 171 Å². The molecule has 0 bridgehead atoms. The first kappa shape index (κ1) is 21.2. The van der Waals surface area contributed by atoms with Gasteiger partial charge in [-0.25, -0.2) is 14.8 Å². The summed E-state index contributed by atoms with van der Waals surface area (Å²) in [5, 5.41) is 0.759. The highest BCUT2D eigenvalue weighted by Gasteiger charge is 2.26. The third-order valence-corrected chi connectivity index (χ3v) is 4.06. The van der Waals surface area contributed by atoms with Gasteiger partial charge in [-0.15, -0.1) is 0 Å². The summed E-state index contributed by atoms with van der Waals surface area (Å²) in [4.78, 5) is 34.7. The molecule has 1 heterocycles. The molecule has 0 aliphatic heterocycles. The zero-order valence-electron chi connectivity index (χ0n) is 14.8. The van der Waals surface area contributed by atoms with Gasteiger partial charge < -0.3 is 9.64 Å². The van der Waals surface area contributed by atoms with Gasteiger partial charge in [-0.3, -0.25) is 4.79 Å².